The highest BCUT2D eigenvalue weighted by molar-refractivity contribution is 9.09. The van der Waals surface area contributed by atoms with Crippen LogP contribution in [0.4, 0.5) is 0 Å². The topological polar surface area (TPSA) is 46.6 Å². The van der Waals surface area contributed by atoms with Gasteiger partial charge in [-0.2, -0.15) is 0 Å². The lowest BCUT2D eigenvalue weighted by Crippen LogP contribution is -2.36. The van der Waals surface area contributed by atoms with Crippen LogP contribution in [0.25, 0.3) is 0 Å². The molecule has 86 valence electrons. The van der Waals surface area contributed by atoms with Crippen LogP contribution in [0.3, 0.4) is 0 Å². The molecule has 0 aromatic carbocycles. The molecule has 0 heterocycles. The van der Waals surface area contributed by atoms with Crippen molar-refractivity contribution >= 4 is 26.0 Å². The summed E-state index contributed by atoms with van der Waals surface area (Å²) < 4.78 is 29.7. The molecule has 0 aromatic rings. The summed E-state index contributed by atoms with van der Waals surface area (Å²) >= 11 is 3.24. The highest BCUT2D eigenvalue weighted by Crippen LogP contribution is 2.04. The van der Waals surface area contributed by atoms with Crippen LogP contribution in [0, 0.1) is 0 Å². The Labute approximate surface area is 94.8 Å². The quantitative estimate of drug-likeness (QED) is 0.628. The molecule has 0 saturated heterocycles. The fourth-order valence-corrected chi connectivity index (χ4v) is 3.18. The standard InChI is InChI=1S/C8H18BrNO3S/c1-3-5-10(6-4-9)14(11,12)8-7-13-2/h3-8H2,1-2H3. The smallest absolute Gasteiger partial charge is 0.216 e. The van der Waals surface area contributed by atoms with E-state index >= 15 is 0 Å². The third-order valence-corrected chi connectivity index (χ3v) is 3.93. The second kappa shape index (κ2) is 7.62. The SMILES string of the molecule is CCCN(CCBr)S(=O)(=O)CCOC. The van der Waals surface area contributed by atoms with E-state index < -0.39 is 10.0 Å². The molecule has 0 spiro atoms. The molecule has 14 heavy (non-hydrogen) atoms. The third kappa shape index (κ3) is 5.29. The maximum atomic E-state index is 11.7. The van der Waals surface area contributed by atoms with Crippen LogP contribution in [0.2, 0.25) is 0 Å². The molecule has 0 aromatic heterocycles. The predicted octanol–water partition coefficient (Wildman–Crippen LogP) is 1.07. The van der Waals surface area contributed by atoms with Crippen molar-refractivity contribution in [2.75, 3.05) is 37.9 Å². The summed E-state index contributed by atoms with van der Waals surface area (Å²) in [5.74, 6) is 0.0660. The van der Waals surface area contributed by atoms with Gasteiger partial charge in [0.05, 0.1) is 12.4 Å². The van der Waals surface area contributed by atoms with Crippen LogP contribution in [0.5, 0.6) is 0 Å². The average Bonchev–Trinajstić information content (AvgIpc) is 2.14. The van der Waals surface area contributed by atoms with Crippen LogP contribution in [-0.2, 0) is 14.8 Å². The molecule has 0 fully saturated rings. The van der Waals surface area contributed by atoms with E-state index in [1.165, 1.54) is 11.4 Å². The summed E-state index contributed by atoms with van der Waals surface area (Å²) in [7, 11) is -1.63. The van der Waals surface area contributed by atoms with Crippen molar-refractivity contribution in [3.05, 3.63) is 0 Å². The number of halogens is 1. The van der Waals surface area contributed by atoms with Gasteiger partial charge in [-0.15, -0.1) is 0 Å². The van der Waals surface area contributed by atoms with Crippen molar-refractivity contribution in [3.8, 4) is 0 Å². The van der Waals surface area contributed by atoms with Gasteiger partial charge in [-0.25, -0.2) is 12.7 Å². The summed E-state index contributed by atoms with van der Waals surface area (Å²) in [6, 6.07) is 0. The molecule has 0 amide bonds. The molecule has 0 radical (unpaired) electrons. The Bertz CT molecular complexity index is 225. The molecule has 0 unspecified atom stereocenters. The van der Waals surface area contributed by atoms with Crippen molar-refractivity contribution in [3.63, 3.8) is 0 Å². The van der Waals surface area contributed by atoms with Gasteiger partial charge in [0.1, 0.15) is 0 Å². The predicted molar refractivity (Wildman–Crippen MR) is 61.3 cm³/mol. The van der Waals surface area contributed by atoms with Gasteiger partial charge in [-0.1, -0.05) is 22.9 Å². The summed E-state index contributed by atoms with van der Waals surface area (Å²) in [6.07, 6.45) is 0.833. The van der Waals surface area contributed by atoms with E-state index in [-0.39, 0.29) is 12.4 Å². The molecule has 0 aliphatic heterocycles. The van der Waals surface area contributed by atoms with Crippen LogP contribution in [0.1, 0.15) is 13.3 Å². The molecule has 0 aliphatic rings. The number of ether oxygens (including phenoxy) is 1. The molecule has 0 saturated carbocycles. The minimum atomic E-state index is -3.13. The minimum absolute atomic E-state index is 0.0660. The molecule has 6 heteroatoms. The van der Waals surface area contributed by atoms with E-state index in [1.807, 2.05) is 6.92 Å². The summed E-state index contributed by atoms with van der Waals surface area (Å²) in [5.41, 5.74) is 0. The molecule has 0 aliphatic carbocycles. The lowest BCUT2D eigenvalue weighted by atomic mass is 10.5. The van der Waals surface area contributed by atoms with Crippen molar-refractivity contribution in [1.29, 1.82) is 0 Å². The number of sulfonamides is 1. The zero-order valence-corrected chi connectivity index (χ0v) is 11.1. The van der Waals surface area contributed by atoms with Crippen molar-refractivity contribution in [2.45, 2.75) is 13.3 Å². The van der Waals surface area contributed by atoms with E-state index in [2.05, 4.69) is 15.9 Å². The highest BCUT2D eigenvalue weighted by atomic mass is 79.9. The molecule has 0 N–H and O–H groups in total. The largest absolute Gasteiger partial charge is 0.384 e. The fraction of sp³-hybridized carbons (Fsp3) is 1.00. The minimum Gasteiger partial charge on any atom is -0.384 e. The van der Waals surface area contributed by atoms with E-state index in [4.69, 9.17) is 4.74 Å². The maximum Gasteiger partial charge on any atom is 0.216 e. The Balaban J connectivity index is 4.29. The van der Waals surface area contributed by atoms with Gasteiger partial charge in [0.2, 0.25) is 10.0 Å². The zero-order chi connectivity index (χ0) is 11.0. The summed E-state index contributed by atoms with van der Waals surface area (Å²) in [6.45, 7) is 3.33. The summed E-state index contributed by atoms with van der Waals surface area (Å²) in [4.78, 5) is 0. The summed E-state index contributed by atoms with van der Waals surface area (Å²) in [5, 5.41) is 0.666. The van der Waals surface area contributed by atoms with Crippen LogP contribution < -0.4 is 0 Å². The molecule has 0 atom stereocenters. The van der Waals surface area contributed by atoms with Gasteiger partial charge < -0.3 is 4.74 Å². The highest BCUT2D eigenvalue weighted by Gasteiger charge is 2.19. The number of rotatable bonds is 8. The van der Waals surface area contributed by atoms with Crippen LogP contribution >= 0.6 is 15.9 Å². The fourth-order valence-electron chi connectivity index (χ4n) is 1.05. The number of hydrogen-bond donors (Lipinski definition) is 0. The lowest BCUT2D eigenvalue weighted by molar-refractivity contribution is 0.215. The van der Waals surface area contributed by atoms with Gasteiger partial charge >= 0.3 is 0 Å². The van der Waals surface area contributed by atoms with E-state index in [1.54, 1.807) is 0 Å². The molecular weight excluding hydrogens is 270 g/mol. The third-order valence-electron chi connectivity index (χ3n) is 1.75. The van der Waals surface area contributed by atoms with E-state index in [0.717, 1.165) is 6.42 Å². The Morgan fingerprint density at radius 3 is 2.43 bits per heavy atom. The van der Waals surface area contributed by atoms with Gasteiger partial charge in [-0.3, -0.25) is 0 Å². The van der Waals surface area contributed by atoms with Gasteiger partial charge in [0.15, 0.2) is 0 Å². The number of methoxy groups -OCH3 is 1. The van der Waals surface area contributed by atoms with Gasteiger partial charge in [-0.05, 0) is 6.42 Å². The normalized spacial score (nSPS) is 12.3. The van der Waals surface area contributed by atoms with Crippen molar-refractivity contribution in [2.24, 2.45) is 0 Å². The zero-order valence-electron chi connectivity index (χ0n) is 8.70. The van der Waals surface area contributed by atoms with Crippen LogP contribution in [-0.4, -0.2) is 50.6 Å². The number of nitrogens with zero attached hydrogens (tertiary/aromatic N) is 1. The number of hydrogen-bond acceptors (Lipinski definition) is 3. The first kappa shape index (κ1) is 14.3. The Kier molecular flexibility index (Phi) is 7.81. The molecule has 4 nitrogen and oxygen atoms in total. The average molecular weight is 288 g/mol. The Morgan fingerprint density at radius 2 is 2.00 bits per heavy atom. The second-order valence-electron chi connectivity index (χ2n) is 2.90. The van der Waals surface area contributed by atoms with Crippen molar-refractivity contribution in [1.82, 2.24) is 4.31 Å². The monoisotopic (exact) mass is 287 g/mol. The van der Waals surface area contributed by atoms with Gasteiger partial charge in [0, 0.05) is 25.5 Å². The first-order valence-electron chi connectivity index (χ1n) is 4.61. The lowest BCUT2D eigenvalue weighted by Gasteiger charge is -2.20. The number of alkyl halides is 1. The maximum absolute atomic E-state index is 11.7. The molecular formula is C8H18BrNO3S. The Morgan fingerprint density at radius 1 is 1.36 bits per heavy atom. The molecule has 0 rings (SSSR count). The first-order valence-corrected chi connectivity index (χ1v) is 7.34. The first-order chi connectivity index (χ1) is 6.58. The Hall–Kier alpha value is 0.350. The molecule has 0 bridgehead atoms. The van der Waals surface area contributed by atoms with E-state index in [9.17, 15) is 8.42 Å². The van der Waals surface area contributed by atoms with Gasteiger partial charge in [0.25, 0.3) is 0 Å². The second-order valence-corrected chi connectivity index (χ2v) is 5.78. The van der Waals surface area contributed by atoms with Crippen LogP contribution in [0.15, 0.2) is 0 Å². The van der Waals surface area contributed by atoms with E-state index in [0.29, 0.717) is 18.4 Å². The van der Waals surface area contributed by atoms with Crippen molar-refractivity contribution < 1.29 is 13.2 Å².